The number of aromatic nitrogens is 2. The quantitative estimate of drug-likeness (QED) is 0.785. The monoisotopic (exact) mass is 327 g/mol. The van der Waals surface area contributed by atoms with Crippen molar-refractivity contribution < 1.29 is 4.74 Å². The Kier molecular flexibility index (Phi) is 3.34. The van der Waals surface area contributed by atoms with E-state index in [1.54, 1.807) is 18.4 Å². The summed E-state index contributed by atoms with van der Waals surface area (Å²) in [5, 5.41) is 0.745. The minimum Gasteiger partial charge on any atom is -0.497 e. The van der Waals surface area contributed by atoms with Gasteiger partial charge in [0.05, 0.1) is 18.2 Å². The first-order valence-corrected chi connectivity index (χ1v) is 8.48. The van der Waals surface area contributed by atoms with Crippen molar-refractivity contribution in [2.75, 3.05) is 12.8 Å². The highest BCUT2D eigenvalue weighted by Crippen LogP contribution is 2.34. The van der Waals surface area contributed by atoms with Gasteiger partial charge in [0.15, 0.2) is 0 Å². The predicted molar refractivity (Wildman–Crippen MR) is 92.8 cm³/mol. The Morgan fingerprint density at radius 2 is 1.96 bits per heavy atom. The number of ether oxygens (including phenoxy) is 1. The molecule has 6 heteroatoms. The molecule has 2 heterocycles. The van der Waals surface area contributed by atoms with Crippen molar-refractivity contribution in [2.45, 2.75) is 25.7 Å². The van der Waals surface area contributed by atoms with Gasteiger partial charge in [0.1, 0.15) is 10.6 Å². The molecule has 1 aromatic carbocycles. The fourth-order valence-corrected chi connectivity index (χ4v) is 4.46. The van der Waals surface area contributed by atoms with E-state index >= 15 is 0 Å². The number of methoxy groups -OCH3 is 1. The molecular weight excluding hydrogens is 310 g/mol. The summed E-state index contributed by atoms with van der Waals surface area (Å²) in [4.78, 5) is 19.6. The number of thiophene rings is 1. The van der Waals surface area contributed by atoms with Crippen molar-refractivity contribution in [3.8, 4) is 11.4 Å². The summed E-state index contributed by atoms with van der Waals surface area (Å²) in [5.41, 5.74) is 7.89. The molecule has 5 nitrogen and oxygen atoms in total. The van der Waals surface area contributed by atoms with E-state index in [1.165, 1.54) is 21.4 Å². The highest BCUT2D eigenvalue weighted by atomic mass is 32.1. The summed E-state index contributed by atoms with van der Waals surface area (Å²) in [6.45, 7) is 0. The predicted octanol–water partition coefficient (Wildman–Crippen LogP) is 2.92. The molecule has 0 saturated heterocycles. The van der Waals surface area contributed by atoms with Crippen LogP contribution in [0.4, 0.5) is 5.95 Å². The summed E-state index contributed by atoms with van der Waals surface area (Å²) in [5.74, 6) is 0.966. The van der Waals surface area contributed by atoms with Gasteiger partial charge < -0.3 is 10.5 Å². The van der Waals surface area contributed by atoms with Crippen LogP contribution in [0.25, 0.3) is 15.9 Å². The van der Waals surface area contributed by atoms with E-state index < -0.39 is 0 Å². The lowest BCUT2D eigenvalue weighted by molar-refractivity contribution is 0.414. The molecular formula is C17H17N3O2S. The van der Waals surface area contributed by atoms with Gasteiger partial charge in [-0.05, 0) is 55.5 Å². The highest BCUT2D eigenvalue weighted by molar-refractivity contribution is 7.18. The van der Waals surface area contributed by atoms with Gasteiger partial charge in [-0.15, -0.1) is 11.3 Å². The molecule has 0 aliphatic heterocycles. The highest BCUT2D eigenvalue weighted by Gasteiger charge is 2.21. The first kappa shape index (κ1) is 14.3. The van der Waals surface area contributed by atoms with Gasteiger partial charge in [-0.2, -0.15) is 0 Å². The zero-order valence-corrected chi connectivity index (χ0v) is 13.7. The van der Waals surface area contributed by atoms with Gasteiger partial charge in [-0.3, -0.25) is 4.79 Å². The van der Waals surface area contributed by atoms with Crippen molar-refractivity contribution in [3.63, 3.8) is 0 Å². The second kappa shape index (κ2) is 5.38. The molecule has 4 rings (SSSR count). The van der Waals surface area contributed by atoms with E-state index in [4.69, 9.17) is 10.5 Å². The number of nitrogens with two attached hydrogens (primary N) is 1. The summed E-state index contributed by atoms with van der Waals surface area (Å²) in [6.07, 6.45) is 4.31. The number of anilines is 1. The number of fused-ring (bicyclic) bond motifs is 3. The number of nitrogens with zero attached hydrogens (tertiary/aromatic N) is 2. The topological polar surface area (TPSA) is 70.1 Å². The Bertz CT molecular complexity index is 941. The van der Waals surface area contributed by atoms with E-state index in [1.807, 2.05) is 24.3 Å². The van der Waals surface area contributed by atoms with Crippen molar-refractivity contribution in [3.05, 3.63) is 45.1 Å². The second-order valence-electron chi connectivity index (χ2n) is 5.70. The lowest BCUT2D eigenvalue weighted by atomic mass is 9.97. The number of benzene rings is 1. The summed E-state index contributed by atoms with van der Waals surface area (Å²) in [7, 11) is 1.61. The molecule has 1 aliphatic carbocycles. The first-order chi connectivity index (χ1) is 11.2. The Labute approximate surface area is 137 Å². The second-order valence-corrected chi connectivity index (χ2v) is 6.78. The normalized spacial score (nSPS) is 14.0. The van der Waals surface area contributed by atoms with E-state index in [9.17, 15) is 4.79 Å². The molecule has 0 fully saturated rings. The fourth-order valence-electron chi connectivity index (χ4n) is 3.20. The van der Waals surface area contributed by atoms with Gasteiger partial charge in [0.25, 0.3) is 5.56 Å². The molecule has 3 aromatic rings. The number of nitrogen functional groups attached to an aromatic ring is 1. The largest absolute Gasteiger partial charge is 0.497 e. The minimum atomic E-state index is -0.0722. The van der Waals surface area contributed by atoms with Crippen molar-refractivity contribution >= 4 is 27.5 Å². The summed E-state index contributed by atoms with van der Waals surface area (Å²) >= 11 is 1.61. The van der Waals surface area contributed by atoms with E-state index in [2.05, 4.69) is 4.98 Å². The molecule has 0 unspecified atom stereocenters. The van der Waals surface area contributed by atoms with E-state index in [0.29, 0.717) is 5.69 Å². The van der Waals surface area contributed by atoms with Crippen molar-refractivity contribution in [1.82, 2.24) is 9.55 Å². The smallest absolute Gasteiger partial charge is 0.268 e. The summed E-state index contributed by atoms with van der Waals surface area (Å²) in [6, 6.07) is 7.27. The van der Waals surface area contributed by atoms with Crippen LogP contribution < -0.4 is 16.0 Å². The maximum absolute atomic E-state index is 13.1. The summed E-state index contributed by atoms with van der Waals surface area (Å²) < 4.78 is 6.65. The van der Waals surface area contributed by atoms with Crippen LogP contribution in [0.3, 0.4) is 0 Å². The SMILES string of the molecule is COc1ccc(-n2c(N)nc3sc4c(c3c2=O)CCCC4)cc1. The fraction of sp³-hybridized carbons (Fsp3) is 0.294. The number of rotatable bonds is 2. The van der Waals surface area contributed by atoms with Gasteiger partial charge in [-0.1, -0.05) is 0 Å². The van der Waals surface area contributed by atoms with E-state index in [-0.39, 0.29) is 11.5 Å². The first-order valence-electron chi connectivity index (χ1n) is 7.66. The molecule has 0 saturated carbocycles. The van der Waals surface area contributed by atoms with E-state index in [0.717, 1.165) is 35.2 Å². The maximum atomic E-state index is 13.1. The minimum absolute atomic E-state index is 0.0722. The molecule has 0 spiro atoms. The maximum Gasteiger partial charge on any atom is 0.268 e. The van der Waals surface area contributed by atoms with Crippen LogP contribution in [0.5, 0.6) is 5.75 Å². The van der Waals surface area contributed by atoms with Crippen LogP contribution in [0.2, 0.25) is 0 Å². The van der Waals surface area contributed by atoms with Crippen LogP contribution >= 0.6 is 11.3 Å². The van der Waals surface area contributed by atoms with Gasteiger partial charge >= 0.3 is 0 Å². The molecule has 0 atom stereocenters. The zero-order chi connectivity index (χ0) is 16.0. The van der Waals surface area contributed by atoms with Crippen molar-refractivity contribution in [1.29, 1.82) is 0 Å². The number of hydrogen-bond acceptors (Lipinski definition) is 5. The third kappa shape index (κ3) is 2.21. The van der Waals surface area contributed by atoms with Gasteiger partial charge in [-0.25, -0.2) is 9.55 Å². The number of hydrogen-bond donors (Lipinski definition) is 1. The van der Waals surface area contributed by atoms with Crippen LogP contribution in [0.1, 0.15) is 23.3 Å². The molecule has 23 heavy (non-hydrogen) atoms. The number of aryl methyl sites for hydroxylation is 2. The Hall–Kier alpha value is -2.34. The molecule has 0 amide bonds. The average molecular weight is 327 g/mol. The van der Waals surface area contributed by atoms with Crippen LogP contribution in [-0.4, -0.2) is 16.7 Å². The zero-order valence-electron chi connectivity index (χ0n) is 12.8. The van der Waals surface area contributed by atoms with Crippen LogP contribution in [0, 0.1) is 0 Å². The average Bonchev–Trinajstić information content (AvgIpc) is 2.93. The Morgan fingerprint density at radius 3 is 2.70 bits per heavy atom. The molecule has 118 valence electrons. The lowest BCUT2D eigenvalue weighted by Gasteiger charge is -2.12. The third-order valence-electron chi connectivity index (χ3n) is 4.35. The molecule has 1 aliphatic rings. The molecule has 0 bridgehead atoms. The molecule has 2 N–H and O–H groups in total. The lowest BCUT2D eigenvalue weighted by Crippen LogP contribution is -2.23. The van der Waals surface area contributed by atoms with Crippen LogP contribution in [0.15, 0.2) is 29.1 Å². The Morgan fingerprint density at radius 1 is 1.22 bits per heavy atom. The molecule has 2 aromatic heterocycles. The van der Waals surface area contributed by atoms with Crippen LogP contribution in [-0.2, 0) is 12.8 Å². The standard InChI is InChI=1S/C17H17N3O2S/c1-22-11-8-6-10(7-9-11)20-16(21)14-12-4-2-3-5-13(12)23-15(14)19-17(20)18/h6-9H,2-5H2,1H3,(H2,18,19). The van der Waals surface area contributed by atoms with Crippen molar-refractivity contribution in [2.24, 2.45) is 0 Å². The van der Waals surface area contributed by atoms with Gasteiger partial charge in [0, 0.05) is 4.88 Å². The third-order valence-corrected chi connectivity index (χ3v) is 5.53. The van der Waals surface area contributed by atoms with Gasteiger partial charge in [0.2, 0.25) is 5.95 Å². The Balaban J connectivity index is 1.97. The molecule has 0 radical (unpaired) electrons.